The summed E-state index contributed by atoms with van der Waals surface area (Å²) in [7, 11) is 0. The first kappa shape index (κ1) is 507. The topological polar surface area (TPSA) is 142 Å². The zero-order valence-corrected chi connectivity index (χ0v) is 7.01. The van der Waals surface area contributed by atoms with Gasteiger partial charge in [-0.25, -0.2) is 0 Å². The third-order valence-corrected chi connectivity index (χ3v) is 0. The van der Waals surface area contributed by atoms with E-state index in [-0.39, 0.29) is 73.1 Å². The number of hydrogen-bond acceptors (Lipinski definition) is 0. The van der Waals surface area contributed by atoms with Gasteiger partial charge in [0.2, 0.25) is 0 Å². The Labute approximate surface area is 73.3 Å². The molecule has 0 saturated heterocycles. The molecule has 0 aliphatic carbocycles. The van der Waals surface area contributed by atoms with Crippen molar-refractivity contribution in [3.8, 4) is 0 Å². The van der Waals surface area contributed by atoms with E-state index in [4.69, 9.17) is 0 Å². The average molecular weight is 162 g/mol. The van der Waals surface area contributed by atoms with Crippen molar-refractivity contribution in [3.05, 3.63) is 0 Å². The van der Waals surface area contributed by atoms with Crippen LogP contribution in [0.3, 0.4) is 0 Å². The predicted molar refractivity (Wildman–Crippen MR) is 20.7 cm³/mol. The molecule has 0 radical (unpaired) electrons. The maximum atomic E-state index is 0. The first-order chi connectivity index (χ1) is 0. The molecule has 0 amide bonds. The van der Waals surface area contributed by atoms with Gasteiger partial charge >= 0.3 is 45.7 Å². The molecule has 0 rings (SSSR count). The Morgan fingerprint density at radius 2 is 0.375 bits per heavy atom. The maximum Gasteiger partial charge on any atom is 4.00 e. The van der Waals surface area contributed by atoms with E-state index in [1.54, 1.807) is 0 Å². The van der Waals surface area contributed by atoms with Gasteiger partial charge in [0.15, 0.2) is 0 Å². The number of rotatable bonds is 0. The van der Waals surface area contributed by atoms with Crippen LogP contribution < -0.4 is 0 Å². The molecule has 0 aromatic rings. The third kappa shape index (κ3) is 224. The molecule has 0 aromatic heterocycles. The van der Waals surface area contributed by atoms with E-state index in [1.807, 2.05) is 0 Å². The van der Waals surface area contributed by atoms with E-state index in [9.17, 15) is 0 Å². The molecule has 0 saturated carbocycles. The summed E-state index contributed by atoms with van der Waals surface area (Å²) in [6, 6.07) is 0. The molecule has 0 spiro atoms. The third-order valence-electron chi connectivity index (χ3n) is 0. The molecule has 0 N–H and O–H groups in total. The predicted octanol–water partition coefficient (Wildman–Crippen LogP) is -1.74. The molecule has 0 aliphatic rings. The first-order valence-electron chi connectivity index (χ1n) is 0. The van der Waals surface area contributed by atoms with Crippen LogP contribution in [-0.4, -0.2) is 45.7 Å². The van der Waals surface area contributed by atoms with Crippen LogP contribution in [-0.2, 0) is 27.4 Å². The van der Waals surface area contributed by atoms with E-state index in [1.165, 1.54) is 0 Å². The summed E-state index contributed by atoms with van der Waals surface area (Å²) in [4.78, 5) is 0. The Kier molecular flexibility index (Phi) is 21900. The number of hydrogen-bond donors (Lipinski definition) is 0. The van der Waals surface area contributed by atoms with Crippen molar-refractivity contribution >= 4 is 45.7 Å². The minimum atomic E-state index is 0. The molecule has 0 aliphatic heterocycles. The molecule has 5 nitrogen and oxygen atoms in total. The van der Waals surface area contributed by atoms with Gasteiger partial charge in [-0.15, -0.1) is 0 Å². The van der Waals surface area contributed by atoms with Crippen molar-refractivity contribution in [1.29, 1.82) is 0 Å². The fraction of sp³-hybridized carbons (Fsp3) is 0. The summed E-state index contributed by atoms with van der Waals surface area (Å²) in [6.45, 7) is 0. The zero-order chi connectivity index (χ0) is 0. The molecule has 0 heterocycles. The van der Waals surface area contributed by atoms with Crippen LogP contribution in [0.2, 0.25) is 0 Å². The van der Waals surface area contributed by atoms with Gasteiger partial charge in [-0.1, -0.05) is 0 Å². The Morgan fingerprint density at radius 1 is 0.375 bits per heavy atom. The molecular formula is Al2O5Si. The summed E-state index contributed by atoms with van der Waals surface area (Å²) in [5, 5.41) is 0. The van der Waals surface area contributed by atoms with Gasteiger partial charge in [-0.2, -0.15) is 0 Å². The molecule has 0 aromatic carbocycles. The normalized spacial score (nSPS) is 0. The van der Waals surface area contributed by atoms with E-state index in [2.05, 4.69) is 0 Å². The molecule has 0 fully saturated rings. The summed E-state index contributed by atoms with van der Waals surface area (Å²) in [5.74, 6) is 0. The van der Waals surface area contributed by atoms with Crippen molar-refractivity contribution in [1.82, 2.24) is 0 Å². The largest absolute Gasteiger partial charge is 4.00 e. The van der Waals surface area contributed by atoms with Crippen molar-refractivity contribution in [2.24, 2.45) is 0 Å². The minimum absolute atomic E-state index is 0. The Morgan fingerprint density at radius 3 is 0.375 bits per heavy atom. The smallest absolute Gasteiger partial charge is 2.00 e. The monoisotopic (exact) mass is 162 g/mol. The van der Waals surface area contributed by atoms with Crippen molar-refractivity contribution in [2.75, 3.05) is 0 Å². The summed E-state index contributed by atoms with van der Waals surface area (Å²) in [6.07, 6.45) is 0. The zero-order valence-electron chi connectivity index (χ0n) is 3.70. The van der Waals surface area contributed by atoms with Crippen LogP contribution in [0.25, 0.3) is 0 Å². The molecule has 0 atom stereocenters. The van der Waals surface area contributed by atoms with E-state index in [0.717, 1.165) is 0 Å². The van der Waals surface area contributed by atoms with E-state index >= 15 is 0 Å². The van der Waals surface area contributed by atoms with Crippen LogP contribution in [0, 0.1) is 0 Å². The van der Waals surface area contributed by atoms with Crippen molar-refractivity contribution in [3.63, 3.8) is 0 Å². The van der Waals surface area contributed by atoms with Crippen molar-refractivity contribution in [2.45, 2.75) is 0 Å². The van der Waals surface area contributed by atoms with Gasteiger partial charge < -0.3 is 27.4 Å². The van der Waals surface area contributed by atoms with Gasteiger partial charge in [-0.05, 0) is 0 Å². The van der Waals surface area contributed by atoms with Crippen LogP contribution in [0.15, 0.2) is 0 Å². The molecule has 0 bridgehead atoms. The Bertz CT molecular complexity index is 10.4. The second-order valence-electron chi connectivity index (χ2n) is 0. The fourth-order valence-electron chi connectivity index (χ4n) is 0. The molecule has 40 valence electrons. The summed E-state index contributed by atoms with van der Waals surface area (Å²) < 4.78 is 0. The summed E-state index contributed by atoms with van der Waals surface area (Å²) in [5.41, 5.74) is 0. The van der Waals surface area contributed by atoms with Crippen LogP contribution in [0.1, 0.15) is 0 Å². The van der Waals surface area contributed by atoms with E-state index in [0.29, 0.717) is 0 Å². The second kappa shape index (κ2) is 346. The van der Waals surface area contributed by atoms with Crippen molar-refractivity contribution < 1.29 is 27.4 Å². The average Bonchev–Trinajstić information content (AvgIpc) is 0. The quantitative estimate of drug-likeness (QED) is 0.372. The van der Waals surface area contributed by atoms with E-state index < -0.39 is 0 Å². The SMILES string of the molecule is [Al+3].[Al+3].[O-2].[O-2].[O-2].[O-2].[O-2].[Si+4]. The van der Waals surface area contributed by atoms with Gasteiger partial charge in [0.1, 0.15) is 0 Å². The molecule has 8 heteroatoms. The molecule has 0 unspecified atom stereocenters. The maximum absolute atomic E-state index is 0. The summed E-state index contributed by atoms with van der Waals surface area (Å²) >= 11 is 0. The Balaban J connectivity index is 0. The van der Waals surface area contributed by atoms with Crippen LogP contribution in [0.5, 0.6) is 0 Å². The molecular weight excluding hydrogens is 162 g/mol. The fourth-order valence-corrected chi connectivity index (χ4v) is 0. The second-order valence-corrected chi connectivity index (χ2v) is 0. The van der Waals surface area contributed by atoms with Gasteiger partial charge in [-0.3, -0.25) is 0 Å². The minimum Gasteiger partial charge on any atom is -2.00 e. The standard InChI is InChI=1S/2Al.5O.Si/q2*+3;5*-2;+4. The first-order valence-corrected chi connectivity index (χ1v) is 0. The Hall–Kier alpha value is 1.08. The molecule has 8 heavy (non-hydrogen) atoms. The van der Waals surface area contributed by atoms with Gasteiger partial charge in [0.25, 0.3) is 0 Å². The van der Waals surface area contributed by atoms with Gasteiger partial charge in [0, 0.05) is 0 Å². The van der Waals surface area contributed by atoms with Gasteiger partial charge in [0.05, 0.1) is 0 Å². The van der Waals surface area contributed by atoms with Crippen LogP contribution >= 0.6 is 0 Å². The van der Waals surface area contributed by atoms with Crippen LogP contribution in [0.4, 0.5) is 0 Å².